The number of aromatic hydroxyl groups is 1. The molecule has 0 radical (unpaired) electrons. The van der Waals surface area contributed by atoms with Crippen molar-refractivity contribution >= 4 is 15.9 Å². The highest BCUT2D eigenvalue weighted by Gasteiger charge is 1.97. The second-order valence-electron chi connectivity index (χ2n) is 2.22. The highest BCUT2D eigenvalue weighted by molar-refractivity contribution is 9.10. The van der Waals surface area contributed by atoms with Crippen LogP contribution in [0.15, 0.2) is 22.7 Å². The first-order valence-electron chi connectivity index (χ1n) is 3.20. The minimum atomic E-state index is 0.250. The lowest BCUT2D eigenvalue weighted by atomic mass is 10.2. The van der Waals surface area contributed by atoms with Crippen LogP contribution < -0.4 is 0 Å². The van der Waals surface area contributed by atoms with Crippen molar-refractivity contribution in [2.24, 2.45) is 0 Å². The molecular formula is C8H9BrO2. The minimum Gasteiger partial charge on any atom is -0.507 e. The molecule has 1 N–H and O–H groups in total. The van der Waals surface area contributed by atoms with Crippen LogP contribution in [0.1, 0.15) is 5.56 Å². The number of rotatable bonds is 2. The molecule has 60 valence electrons. The summed E-state index contributed by atoms with van der Waals surface area (Å²) in [6.07, 6.45) is 0. The molecule has 1 rings (SSSR count). The van der Waals surface area contributed by atoms with E-state index in [4.69, 9.17) is 4.74 Å². The molecule has 0 aromatic heterocycles. The Morgan fingerprint density at radius 1 is 1.55 bits per heavy atom. The van der Waals surface area contributed by atoms with Crippen LogP contribution in [-0.2, 0) is 11.3 Å². The van der Waals surface area contributed by atoms with Gasteiger partial charge in [0.25, 0.3) is 0 Å². The summed E-state index contributed by atoms with van der Waals surface area (Å²) in [5, 5.41) is 9.22. The van der Waals surface area contributed by atoms with Crippen LogP contribution in [0, 0.1) is 0 Å². The van der Waals surface area contributed by atoms with Gasteiger partial charge in [0.05, 0.1) is 11.1 Å². The number of benzene rings is 1. The monoisotopic (exact) mass is 216 g/mol. The van der Waals surface area contributed by atoms with Crippen molar-refractivity contribution in [1.29, 1.82) is 0 Å². The Bertz CT molecular complexity index is 248. The van der Waals surface area contributed by atoms with Gasteiger partial charge in [0.2, 0.25) is 0 Å². The molecule has 0 aliphatic heterocycles. The van der Waals surface area contributed by atoms with Gasteiger partial charge in [-0.3, -0.25) is 0 Å². The van der Waals surface area contributed by atoms with Crippen molar-refractivity contribution < 1.29 is 9.84 Å². The molecule has 2 nitrogen and oxygen atoms in total. The van der Waals surface area contributed by atoms with Crippen LogP contribution >= 0.6 is 15.9 Å². The van der Waals surface area contributed by atoms with Gasteiger partial charge in [0, 0.05) is 7.11 Å². The van der Waals surface area contributed by atoms with Crippen molar-refractivity contribution in [3.8, 4) is 5.75 Å². The highest BCUT2D eigenvalue weighted by atomic mass is 79.9. The van der Waals surface area contributed by atoms with E-state index in [1.807, 2.05) is 6.07 Å². The fourth-order valence-electron chi connectivity index (χ4n) is 0.815. The summed E-state index contributed by atoms with van der Waals surface area (Å²) in [5.74, 6) is 0.250. The highest BCUT2D eigenvalue weighted by Crippen LogP contribution is 2.24. The lowest BCUT2D eigenvalue weighted by molar-refractivity contribution is 0.184. The van der Waals surface area contributed by atoms with Crippen molar-refractivity contribution in [2.75, 3.05) is 7.11 Å². The topological polar surface area (TPSA) is 29.5 Å². The average Bonchev–Trinajstić information content (AvgIpc) is 1.98. The predicted molar refractivity (Wildman–Crippen MR) is 46.5 cm³/mol. The first kappa shape index (κ1) is 8.56. The molecule has 3 heteroatoms. The van der Waals surface area contributed by atoms with Gasteiger partial charge < -0.3 is 9.84 Å². The molecule has 1 aromatic rings. The number of halogens is 1. The number of phenolic OH excluding ortho intramolecular Hbond substituents is 1. The van der Waals surface area contributed by atoms with Crippen LogP contribution in [0.25, 0.3) is 0 Å². The first-order valence-corrected chi connectivity index (χ1v) is 3.99. The van der Waals surface area contributed by atoms with Gasteiger partial charge in [-0.15, -0.1) is 0 Å². The van der Waals surface area contributed by atoms with Crippen LogP contribution in [0.2, 0.25) is 0 Å². The van der Waals surface area contributed by atoms with E-state index in [1.54, 1.807) is 19.2 Å². The molecule has 0 amide bonds. The number of methoxy groups -OCH3 is 1. The third-order valence-electron chi connectivity index (χ3n) is 1.32. The zero-order valence-electron chi connectivity index (χ0n) is 6.17. The van der Waals surface area contributed by atoms with E-state index in [9.17, 15) is 5.11 Å². The molecule has 0 spiro atoms. The van der Waals surface area contributed by atoms with E-state index in [0.717, 1.165) is 5.56 Å². The number of ether oxygens (including phenoxy) is 1. The minimum absolute atomic E-state index is 0.250. The Morgan fingerprint density at radius 2 is 2.27 bits per heavy atom. The average molecular weight is 217 g/mol. The maximum absolute atomic E-state index is 9.22. The van der Waals surface area contributed by atoms with Gasteiger partial charge in [-0.25, -0.2) is 0 Å². The van der Waals surface area contributed by atoms with E-state index in [-0.39, 0.29) is 5.75 Å². The molecule has 0 aliphatic carbocycles. The van der Waals surface area contributed by atoms with Crippen LogP contribution in [0.4, 0.5) is 0 Å². The summed E-state index contributed by atoms with van der Waals surface area (Å²) in [7, 11) is 1.62. The predicted octanol–water partition coefficient (Wildman–Crippen LogP) is 2.30. The molecular weight excluding hydrogens is 208 g/mol. The first-order chi connectivity index (χ1) is 5.24. The molecule has 0 aliphatic rings. The van der Waals surface area contributed by atoms with Crippen molar-refractivity contribution in [3.05, 3.63) is 28.2 Å². The largest absolute Gasteiger partial charge is 0.507 e. The van der Waals surface area contributed by atoms with Gasteiger partial charge >= 0.3 is 0 Å². The van der Waals surface area contributed by atoms with Gasteiger partial charge in [-0.05, 0) is 33.6 Å². The van der Waals surface area contributed by atoms with Crippen LogP contribution in [0.3, 0.4) is 0 Å². The maximum atomic E-state index is 9.22. The smallest absolute Gasteiger partial charge is 0.130 e. The van der Waals surface area contributed by atoms with Crippen LogP contribution in [-0.4, -0.2) is 12.2 Å². The zero-order valence-corrected chi connectivity index (χ0v) is 7.76. The number of phenols is 1. The van der Waals surface area contributed by atoms with Crippen molar-refractivity contribution in [2.45, 2.75) is 6.61 Å². The molecule has 11 heavy (non-hydrogen) atoms. The summed E-state index contributed by atoms with van der Waals surface area (Å²) in [6, 6.07) is 5.37. The standard InChI is InChI=1S/C8H9BrO2/c1-11-5-6-2-3-7(9)8(10)4-6/h2-4,10H,5H2,1H3. The Hall–Kier alpha value is -0.540. The van der Waals surface area contributed by atoms with Crippen LogP contribution in [0.5, 0.6) is 5.75 Å². The molecule has 0 bridgehead atoms. The van der Waals surface area contributed by atoms with E-state index in [1.165, 1.54) is 0 Å². The maximum Gasteiger partial charge on any atom is 0.130 e. The third-order valence-corrected chi connectivity index (χ3v) is 1.99. The summed E-state index contributed by atoms with van der Waals surface area (Å²) < 4.78 is 5.60. The fraction of sp³-hybridized carbons (Fsp3) is 0.250. The summed E-state index contributed by atoms with van der Waals surface area (Å²) in [5.41, 5.74) is 0.966. The lowest BCUT2D eigenvalue weighted by Gasteiger charge is -2.01. The summed E-state index contributed by atoms with van der Waals surface area (Å²) in [6.45, 7) is 0.529. The Kier molecular flexibility index (Phi) is 2.91. The Balaban J connectivity index is 2.86. The second kappa shape index (κ2) is 3.74. The van der Waals surface area contributed by atoms with Crippen molar-refractivity contribution in [3.63, 3.8) is 0 Å². The van der Waals surface area contributed by atoms with Gasteiger partial charge in [-0.1, -0.05) is 6.07 Å². The number of hydrogen-bond acceptors (Lipinski definition) is 2. The van der Waals surface area contributed by atoms with Gasteiger partial charge in [-0.2, -0.15) is 0 Å². The molecule has 0 saturated carbocycles. The van der Waals surface area contributed by atoms with E-state index in [2.05, 4.69) is 15.9 Å². The molecule has 0 fully saturated rings. The third kappa shape index (κ3) is 2.20. The Morgan fingerprint density at radius 3 is 2.82 bits per heavy atom. The fourth-order valence-corrected chi connectivity index (χ4v) is 1.06. The number of hydrogen-bond donors (Lipinski definition) is 1. The molecule has 0 heterocycles. The lowest BCUT2D eigenvalue weighted by Crippen LogP contribution is -1.86. The van der Waals surface area contributed by atoms with Crippen molar-refractivity contribution in [1.82, 2.24) is 0 Å². The van der Waals surface area contributed by atoms with E-state index < -0.39 is 0 Å². The SMILES string of the molecule is COCc1ccc(Br)c(O)c1. The zero-order chi connectivity index (χ0) is 8.27. The van der Waals surface area contributed by atoms with E-state index >= 15 is 0 Å². The molecule has 0 unspecified atom stereocenters. The quantitative estimate of drug-likeness (QED) is 0.823. The summed E-state index contributed by atoms with van der Waals surface area (Å²) >= 11 is 3.19. The van der Waals surface area contributed by atoms with Gasteiger partial charge in [0.15, 0.2) is 0 Å². The molecule has 0 saturated heterocycles. The van der Waals surface area contributed by atoms with E-state index in [0.29, 0.717) is 11.1 Å². The summed E-state index contributed by atoms with van der Waals surface area (Å²) in [4.78, 5) is 0. The molecule has 0 atom stereocenters. The molecule has 1 aromatic carbocycles. The van der Waals surface area contributed by atoms with Gasteiger partial charge in [0.1, 0.15) is 5.75 Å². The second-order valence-corrected chi connectivity index (χ2v) is 3.07. The normalized spacial score (nSPS) is 10.0. The Labute approximate surface area is 73.9 Å².